The second-order valence-electron chi connectivity index (χ2n) is 4.33. The number of carbonyl (C=O) groups is 1. The monoisotopic (exact) mass is 289 g/mol. The van der Waals surface area contributed by atoms with Crippen LogP contribution < -0.4 is 16.4 Å². The molecule has 2 rings (SSSR count). The zero-order valence-electron chi connectivity index (χ0n) is 11.1. The minimum atomic E-state index is -0.583. The molecule has 2 aromatic carbocycles. The second kappa shape index (κ2) is 6.30. The van der Waals surface area contributed by atoms with E-state index in [4.69, 9.17) is 17.3 Å². The molecule has 0 aliphatic rings. The van der Waals surface area contributed by atoms with Crippen LogP contribution in [0.25, 0.3) is 0 Å². The van der Waals surface area contributed by atoms with Gasteiger partial charge >= 0.3 is 6.03 Å². The number of nitrogens with one attached hydrogen (secondary N) is 2. The molecule has 0 aliphatic carbocycles. The van der Waals surface area contributed by atoms with Crippen LogP contribution in [0.3, 0.4) is 0 Å². The third kappa shape index (κ3) is 3.22. The van der Waals surface area contributed by atoms with Gasteiger partial charge in [0.25, 0.3) is 0 Å². The SMILES string of the molecule is CNc1ccc(Cl)cc1[C@H](NC(N)=O)c1ccccc1. The molecule has 0 aromatic heterocycles. The molecule has 5 heteroatoms. The highest BCUT2D eigenvalue weighted by Gasteiger charge is 2.18. The number of amides is 2. The van der Waals surface area contributed by atoms with Crippen LogP contribution in [0.5, 0.6) is 0 Å². The van der Waals surface area contributed by atoms with Crippen molar-refractivity contribution >= 4 is 23.3 Å². The van der Waals surface area contributed by atoms with Gasteiger partial charge in [-0.25, -0.2) is 4.79 Å². The van der Waals surface area contributed by atoms with Gasteiger partial charge in [-0.05, 0) is 23.8 Å². The maximum Gasteiger partial charge on any atom is 0.312 e. The van der Waals surface area contributed by atoms with E-state index in [1.807, 2.05) is 49.5 Å². The molecule has 0 heterocycles. The number of benzene rings is 2. The summed E-state index contributed by atoms with van der Waals surface area (Å²) in [5, 5.41) is 6.45. The summed E-state index contributed by atoms with van der Waals surface area (Å²) in [6, 6.07) is 14.2. The van der Waals surface area contributed by atoms with Crippen molar-refractivity contribution in [2.45, 2.75) is 6.04 Å². The van der Waals surface area contributed by atoms with Crippen LogP contribution >= 0.6 is 11.6 Å². The van der Waals surface area contributed by atoms with Gasteiger partial charge in [0.2, 0.25) is 0 Å². The van der Waals surface area contributed by atoms with Crippen LogP contribution in [0.1, 0.15) is 17.2 Å². The number of carbonyl (C=O) groups excluding carboxylic acids is 1. The summed E-state index contributed by atoms with van der Waals surface area (Å²) in [5.41, 5.74) is 7.98. The van der Waals surface area contributed by atoms with Gasteiger partial charge in [0.15, 0.2) is 0 Å². The number of rotatable bonds is 4. The Hall–Kier alpha value is -2.20. The normalized spacial score (nSPS) is 11.7. The Bertz CT molecular complexity index is 601. The lowest BCUT2D eigenvalue weighted by Crippen LogP contribution is -2.34. The highest BCUT2D eigenvalue weighted by molar-refractivity contribution is 6.30. The number of primary amides is 1. The number of halogens is 1. The maximum absolute atomic E-state index is 11.3. The Morgan fingerprint density at radius 3 is 2.50 bits per heavy atom. The van der Waals surface area contributed by atoms with E-state index < -0.39 is 6.03 Å². The van der Waals surface area contributed by atoms with Gasteiger partial charge in [0.05, 0.1) is 6.04 Å². The van der Waals surface area contributed by atoms with Crippen LogP contribution in [-0.4, -0.2) is 13.1 Å². The Morgan fingerprint density at radius 2 is 1.90 bits per heavy atom. The average Bonchev–Trinajstić information content (AvgIpc) is 2.45. The fourth-order valence-electron chi connectivity index (χ4n) is 2.13. The molecule has 0 spiro atoms. The highest BCUT2D eigenvalue weighted by Crippen LogP contribution is 2.30. The first-order valence-electron chi connectivity index (χ1n) is 6.20. The van der Waals surface area contributed by atoms with Crippen LogP contribution in [0, 0.1) is 0 Å². The molecular weight excluding hydrogens is 274 g/mol. The number of urea groups is 1. The van der Waals surface area contributed by atoms with Gasteiger partial charge in [-0.15, -0.1) is 0 Å². The molecule has 0 aliphatic heterocycles. The highest BCUT2D eigenvalue weighted by atomic mass is 35.5. The van der Waals surface area contributed by atoms with E-state index in [-0.39, 0.29) is 6.04 Å². The van der Waals surface area contributed by atoms with E-state index in [1.54, 1.807) is 6.07 Å². The number of hydrogen-bond donors (Lipinski definition) is 3. The molecule has 2 aromatic rings. The predicted octanol–water partition coefficient (Wildman–Crippen LogP) is 3.14. The maximum atomic E-state index is 11.3. The molecule has 0 fully saturated rings. The number of nitrogens with two attached hydrogens (primary N) is 1. The van der Waals surface area contributed by atoms with Crippen molar-refractivity contribution in [3.05, 3.63) is 64.7 Å². The van der Waals surface area contributed by atoms with Crippen LogP contribution in [-0.2, 0) is 0 Å². The van der Waals surface area contributed by atoms with Gasteiger partial charge < -0.3 is 16.4 Å². The Labute approximate surface area is 122 Å². The molecule has 0 saturated heterocycles. The first-order chi connectivity index (χ1) is 9.61. The zero-order chi connectivity index (χ0) is 14.5. The van der Waals surface area contributed by atoms with Crippen LogP contribution in [0.2, 0.25) is 5.02 Å². The lowest BCUT2D eigenvalue weighted by molar-refractivity contribution is 0.247. The van der Waals surface area contributed by atoms with Gasteiger partial charge in [-0.3, -0.25) is 0 Å². The largest absolute Gasteiger partial charge is 0.388 e. The molecule has 20 heavy (non-hydrogen) atoms. The van der Waals surface area contributed by atoms with Gasteiger partial charge in [0.1, 0.15) is 0 Å². The van der Waals surface area contributed by atoms with Gasteiger partial charge in [-0.2, -0.15) is 0 Å². The van der Waals surface area contributed by atoms with E-state index in [0.717, 1.165) is 16.8 Å². The van der Waals surface area contributed by atoms with Crippen molar-refractivity contribution in [3.8, 4) is 0 Å². The summed E-state index contributed by atoms with van der Waals surface area (Å²) < 4.78 is 0. The lowest BCUT2D eigenvalue weighted by atomic mass is 9.97. The van der Waals surface area contributed by atoms with E-state index in [2.05, 4.69) is 10.6 Å². The zero-order valence-corrected chi connectivity index (χ0v) is 11.8. The smallest absolute Gasteiger partial charge is 0.312 e. The van der Waals surface area contributed by atoms with Crippen molar-refractivity contribution in [2.75, 3.05) is 12.4 Å². The standard InChI is InChI=1S/C15H16ClN3O/c1-18-13-8-7-11(16)9-12(13)14(19-15(17)20)10-5-3-2-4-6-10/h2-9,14,18H,1H3,(H3,17,19,20)/t14-/m1/s1. The second-order valence-corrected chi connectivity index (χ2v) is 4.77. The molecular formula is C15H16ClN3O. The van der Waals surface area contributed by atoms with Crippen molar-refractivity contribution in [2.24, 2.45) is 5.73 Å². The van der Waals surface area contributed by atoms with Crippen molar-refractivity contribution in [3.63, 3.8) is 0 Å². The molecule has 0 bridgehead atoms. The summed E-state index contributed by atoms with van der Waals surface area (Å²) in [7, 11) is 1.82. The summed E-state index contributed by atoms with van der Waals surface area (Å²) in [4.78, 5) is 11.3. The van der Waals surface area contributed by atoms with E-state index in [9.17, 15) is 4.79 Å². The lowest BCUT2D eigenvalue weighted by Gasteiger charge is -2.21. The average molecular weight is 290 g/mol. The third-order valence-electron chi connectivity index (χ3n) is 3.01. The summed E-state index contributed by atoms with van der Waals surface area (Å²) >= 11 is 6.07. The van der Waals surface area contributed by atoms with E-state index in [0.29, 0.717) is 5.02 Å². The van der Waals surface area contributed by atoms with E-state index >= 15 is 0 Å². The molecule has 0 radical (unpaired) electrons. The molecule has 104 valence electrons. The van der Waals surface area contributed by atoms with Crippen molar-refractivity contribution < 1.29 is 4.79 Å². The van der Waals surface area contributed by atoms with Crippen LogP contribution in [0.4, 0.5) is 10.5 Å². The molecule has 4 nitrogen and oxygen atoms in total. The molecule has 1 atom stereocenters. The summed E-state index contributed by atoms with van der Waals surface area (Å²) in [6.07, 6.45) is 0. The fourth-order valence-corrected chi connectivity index (χ4v) is 2.31. The molecule has 0 unspecified atom stereocenters. The predicted molar refractivity (Wildman–Crippen MR) is 82.0 cm³/mol. The minimum Gasteiger partial charge on any atom is -0.388 e. The molecule has 2 amide bonds. The minimum absolute atomic E-state index is 0.352. The van der Waals surface area contributed by atoms with Crippen LogP contribution in [0.15, 0.2) is 48.5 Å². The quantitative estimate of drug-likeness (QED) is 0.809. The number of hydrogen-bond acceptors (Lipinski definition) is 2. The van der Waals surface area contributed by atoms with Gasteiger partial charge in [-0.1, -0.05) is 41.9 Å². The van der Waals surface area contributed by atoms with Crippen molar-refractivity contribution in [1.29, 1.82) is 0 Å². The first kappa shape index (κ1) is 14.2. The third-order valence-corrected chi connectivity index (χ3v) is 3.25. The molecule has 0 saturated carbocycles. The topological polar surface area (TPSA) is 67.2 Å². The van der Waals surface area contributed by atoms with Gasteiger partial charge in [0, 0.05) is 23.3 Å². The number of anilines is 1. The summed E-state index contributed by atoms with van der Waals surface area (Å²) in [5.74, 6) is 0. The van der Waals surface area contributed by atoms with Crippen molar-refractivity contribution in [1.82, 2.24) is 5.32 Å². The summed E-state index contributed by atoms with van der Waals surface area (Å²) in [6.45, 7) is 0. The fraction of sp³-hybridized carbons (Fsp3) is 0.133. The Balaban J connectivity index is 2.51. The first-order valence-corrected chi connectivity index (χ1v) is 6.57. The van der Waals surface area contributed by atoms with E-state index in [1.165, 1.54) is 0 Å². The Kier molecular flexibility index (Phi) is 4.48. The molecule has 4 N–H and O–H groups in total. The Morgan fingerprint density at radius 1 is 1.20 bits per heavy atom.